The maximum atomic E-state index is 14.5. The Balaban J connectivity index is 1.64. The molecule has 0 saturated carbocycles. The van der Waals surface area contributed by atoms with E-state index >= 15 is 0 Å². The number of hydrogen-bond acceptors (Lipinski definition) is 3. The Morgan fingerprint density at radius 2 is 2.03 bits per heavy atom. The molecule has 144 valence electrons. The third-order valence-corrected chi connectivity index (χ3v) is 4.74. The standard InChI is InChI=1S/C22H18FN5O/c23-18-13-27-21-17(7-9-25-21)20(18)16-11-19(26-12-16)22(29)28(10-4-8-24)14-15-5-2-1-3-6-15/h1-3,5-7,9,11-13,26H,4,10,14H2,(H,25,27). The number of halogens is 1. The van der Waals surface area contributed by atoms with Crippen molar-refractivity contribution in [3.8, 4) is 17.2 Å². The highest BCUT2D eigenvalue weighted by atomic mass is 19.1. The van der Waals surface area contributed by atoms with E-state index in [2.05, 4.69) is 21.0 Å². The maximum absolute atomic E-state index is 14.5. The molecule has 0 aliphatic carbocycles. The number of rotatable bonds is 6. The molecule has 1 amide bonds. The van der Waals surface area contributed by atoms with E-state index < -0.39 is 5.82 Å². The van der Waals surface area contributed by atoms with E-state index in [0.29, 0.717) is 40.9 Å². The molecule has 0 bridgehead atoms. The molecule has 0 spiro atoms. The molecule has 3 aromatic heterocycles. The molecule has 7 heteroatoms. The molecule has 29 heavy (non-hydrogen) atoms. The highest BCUT2D eigenvalue weighted by Gasteiger charge is 2.20. The number of aromatic amines is 2. The van der Waals surface area contributed by atoms with Gasteiger partial charge >= 0.3 is 0 Å². The van der Waals surface area contributed by atoms with E-state index in [0.717, 1.165) is 11.8 Å². The van der Waals surface area contributed by atoms with Gasteiger partial charge in [0.05, 0.1) is 18.7 Å². The number of nitrogens with zero attached hydrogens (tertiary/aromatic N) is 3. The molecule has 0 fully saturated rings. The lowest BCUT2D eigenvalue weighted by molar-refractivity contribution is 0.0741. The molecule has 2 N–H and O–H groups in total. The number of aromatic nitrogens is 3. The minimum Gasteiger partial charge on any atom is -0.357 e. The Hall–Kier alpha value is -3.92. The van der Waals surface area contributed by atoms with E-state index in [9.17, 15) is 9.18 Å². The Labute approximate surface area is 166 Å². The number of benzene rings is 1. The van der Waals surface area contributed by atoms with Crippen LogP contribution in [0.25, 0.3) is 22.2 Å². The predicted molar refractivity (Wildman–Crippen MR) is 107 cm³/mol. The molecular weight excluding hydrogens is 369 g/mol. The number of H-pyrrole nitrogens is 2. The van der Waals surface area contributed by atoms with Gasteiger partial charge in [0.25, 0.3) is 5.91 Å². The summed E-state index contributed by atoms with van der Waals surface area (Å²) >= 11 is 0. The van der Waals surface area contributed by atoms with Gasteiger partial charge in [-0.1, -0.05) is 30.3 Å². The van der Waals surface area contributed by atoms with Crippen LogP contribution in [0.2, 0.25) is 0 Å². The number of carbonyl (C=O) groups excluding carboxylic acids is 1. The second-order valence-electron chi connectivity index (χ2n) is 6.64. The number of carbonyl (C=O) groups is 1. The largest absolute Gasteiger partial charge is 0.357 e. The summed E-state index contributed by atoms with van der Waals surface area (Å²) in [5, 5.41) is 9.60. The maximum Gasteiger partial charge on any atom is 0.270 e. The summed E-state index contributed by atoms with van der Waals surface area (Å²) < 4.78 is 14.5. The van der Waals surface area contributed by atoms with Crippen molar-refractivity contribution in [1.82, 2.24) is 19.9 Å². The Morgan fingerprint density at radius 1 is 1.21 bits per heavy atom. The van der Waals surface area contributed by atoms with Crippen molar-refractivity contribution in [1.29, 1.82) is 5.26 Å². The second kappa shape index (κ2) is 7.98. The summed E-state index contributed by atoms with van der Waals surface area (Å²) in [5.41, 5.74) is 2.85. The fourth-order valence-electron chi connectivity index (χ4n) is 3.35. The summed E-state index contributed by atoms with van der Waals surface area (Å²) in [6.07, 6.45) is 4.71. The first kappa shape index (κ1) is 18.4. The van der Waals surface area contributed by atoms with Crippen molar-refractivity contribution in [2.45, 2.75) is 13.0 Å². The van der Waals surface area contributed by atoms with Crippen LogP contribution < -0.4 is 0 Å². The molecule has 0 atom stereocenters. The summed E-state index contributed by atoms with van der Waals surface area (Å²) in [4.78, 5) is 24.6. The smallest absolute Gasteiger partial charge is 0.270 e. The zero-order valence-electron chi connectivity index (χ0n) is 15.5. The van der Waals surface area contributed by atoms with Crippen molar-refractivity contribution in [2.24, 2.45) is 0 Å². The third kappa shape index (κ3) is 3.73. The topological polar surface area (TPSA) is 88.6 Å². The average molecular weight is 387 g/mol. The lowest BCUT2D eigenvalue weighted by Gasteiger charge is -2.21. The number of amides is 1. The van der Waals surface area contributed by atoms with Crippen LogP contribution in [0.3, 0.4) is 0 Å². The number of hydrogen-bond donors (Lipinski definition) is 2. The van der Waals surface area contributed by atoms with Crippen molar-refractivity contribution in [3.05, 3.63) is 78.1 Å². The predicted octanol–water partition coefficient (Wildman–Crippen LogP) is 4.25. The van der Waals surface area contributed by atoms with Crippen molar-refractivity contribution in [3.63, 3.8) is 0 Å². The van der Waals surface area contributed by atoms with Crippen LogP contribution in [0.1, 0.15) is 22.5 Å². The van der Waals surface area contributed by atoms with E-state index in [1.165, 1.54) is 0 Å². The first-order valence-corrected chi connectivity index (χ1v) is 9.18. The lowest BCUT2D eigenvalue weighted by Crippen LogP contribution is -2.31. The first-order valence-electron chi connectivity index (χ1n) is 9.18. The van der Waals surface area contributed by atoms with Gasteiger partial charge < -0.3 is 14.9 Å². The fourth-order valence-corrected chi connectivity index (χ4v) is 3.35. The quantitative estimate of drug-likeness (QED) is 0.518. The molecule has 0 unspecified atom stereocenters. The average Bonchev–Trinajstić information content (AvgIpc) is 3.41. The zero-order valence-corrected chi connectivity index (χ0v) is 15.5. The molecule has 1 aromatic carbocycles. The van der Waals surface area contributed by atoms with Crippen LogP contribution in [-0.2, 0) is 6.54 Å². The van der Waals surface area contributed by atoms with E-state index in [-0.39, 0.29) is 12.3 Å². The van der Waals surface area contributed by atoms with E-state index in [1.54, 1.807) is 29.4 Å². The molecule has 4 rings (SSSR count). The van der Waals surface area contributed by atoms with Crippen molar-refractivity contribution < 1.29 is 9.18 Å². The van der Waals surface area contributed by atoms with Crippen molar-refractivity contribution >= 4 is 16.9 Å². The van der Waals surface area contributed by atoms with Gasteiger partial charge in [-0.2, -0.15) is 5.26 Å². The molecule has 0 saturated heterocycles. The molecule has 0 aliphatic heterocycles. The van der Waals surface area contributed by atoms with Crippen molar-refractivity contribution in [2.75, 3.05) is 6.54 Å². The van der Waals surface area contributed by atoms with Gasteiger partial charge in [0.1, 0.15) is 17.2 Å². The minimum atomic E-state index is -0.458. The third-order valence-electron chi connectivity index (χ3n) is 4.74. The van der Waals surface area contributed by atoms with Gasteiger partial charge in [-0.3, -0.25) is 4.79 Å². The number of pyridine rings is 1. The monoisotopic (exact) mass is 387 g/mol. The normalized spacial score (nSPS) is 10.8. The molecule has 0 aliphatic rings. The minimum absolute atomic E-state index is 0.231. The van der Waals surface area contributed by atoms with Gasteiger partial charge in [-0.25, -0.2) is 9.37 Å². The highest BCUT2D eigenvalue weighted by Crippen LogP contribution is 2.30. The zero-order chi connectivity index (χ0) is 20.2. The molecular formula is C22H18FN5O. The lowest BCUT2D eigenvalue weighted by atomic mass is 10.1. The SMILES string of the molecule is N#CCCN(Cc1ccccc1)C(=O)c1cc(-c2c(F)cnc3[nH]ccc23)c[nH]1. The molecule has 4 aromatic rings. The Morgan fingerprint density at radius 3 is 2.83 bits per heavy atom. The number of fused-ring (bicyclic) bond motifs is 1. The fraction of sp³-hybridized carbons (Fsp3) is 0.136. The van der Waals surface area contributed by atoms with E-state index in [1.807, 2.05) is 30.3 Å². The molecule has 3 heterocycles. The van der Waals surface area contributed by atoms with Gasteiger partial charge in [0.15, 0.2) is 0 Å². The summed E-state index contributed by atoms with van der Waals surface area (Å²) in [6.45, 7) is 0.700. The molecule has 6 nitrogen and oxygen atoms in total. The second-order valence-corrected chi connectivity index (χ2v) is 6.64. The van der Waals surface area contributed by atoms with Crippen LogP contribution >= 0.6 is 0 Å². The van der Waals surface area contributed by atoms with Crippen LogP contribution in [-0.4, -0.2) is 32.3 Å². The van der Waals surface area contributed by atoms with Gasteiger partial charge in [-0.05, 0) is 17.7 Å². The van der Waals surface area contributed by atoms with E-state index in [4.69, 9.17) is 5.26 Å². The van der Waals surface area contributed by atoms with Gasteiger partial charge in [-0.15, -0.1) is 0 Å². The Kier molecular flexibility index (Phi) is 5.08. The summed E-state index contributed by atoms with van der Waals surface area (Å²) in [5.74, 6) is -0.698. The van der Waals surface area contributed by atoms with Crippen LogP contribution in [0.4, 0.5) is 4.39 Å². The highest BCUT2D eigenvalue weighted by molar-refractivity contribution is 5.97. The summed E-state index contributed by atoms with van der Waals surface area (Å²) in [7, 11) is 0. The van der Waals surface area contributed by atoms with Gasteiger partial charge in [0.2, 0.25) is 0 Å². The first-order chi connectivity index (χ1) is 14.2. The number of nitrogens with one attached hydrogen (secondary N) is 2. The summed E-state index contributed by atoms with van der Waals surface area (Å²) in [6, 6.07) is 15.1. The molecule has 0 radical (unpaired) electrons. The van der Waals surface area contributed by atoms with Crippen LogP contribution in [0.5, 0.6) is 0 Å². The number of nitriles is 1. The van der Waals surface area contributed by atoms with Crippen LogP contribution in [0.15, 0.2) is 61.1 Å². The van der Waals surface area contributed by atoms with Gasteiger partial charge in [0, 0.05) is 42.0 Å². The Bertz CT molecular complexity index is 1190. The van der Waals surface area contributed by atoms with Crippen LogP contribution in [0, 0.1) is 17.1 Å².